The van der Waals surface area contributed by atoms with Gasteiger partial charge in [-0.2, -0.15) is 0 Å². The van der Waals surface area contributed by atoms with Crippen LogP contribution in [0.4, 0.5) is 0 Å². The number of methoxy groups -OCH3 is 1. The van der Waals surface area contributed by atoms with Gasteiger partial charge >= 0.3 is 0 Å². The molecule has 9 heavy (non-hydrogen) atoms. The maximum Gasteiger partial charge on any atom is 0.295 e. The topological polar surface area (TPSA) is 69.4 Å². The number of ether oxygens (including phenoxy) is 1. The van der Waals surface area contributed by atoms with Crippen molar-refractivity contribution in [1.82, 2.24) is 0 Å². The summed E-state index contributed by atoms with van der Waals surface area (Å²) in [6, 6.07) is -1.25. The molecule has 49 valence electrons. The molecule has 4 nitrogen and oxygen atoms in total. The molecule has 0 saturated heterocycles. The Kier molecular flexibility index (Phi) is 8.39. The summed E-state index contributed by atoms with van der Waals surface area (Å²) in [4.78, 5) is 19.7. The molecular weight excluding hydrogens is 199 g/mol. The molecule has 0 aromatic carbocycles. The van der Waals surface area contributed by atoms with Crippen LogP contribution in [-0.2, 0) is 47.0 Å². The molecule has 0 aromatic heterocycles. The van der Waals surface area contributed by atoms with Gasteiger partial charge in [-0.1, -0.05) is 0 Å². The Morgan fingerprint density at radius 3 is 2.33 bits per heavy atom. The Morgan fingerprint density at radius 2 is 2.22 bits per heavy atom. The summed E-state index contributed by atoms with van der Waals surface area (Å²) >= 11 is 0. The SMILES string of the molecule is COC(=O)C(N)[C-]=O.[Y]. The monoisotopic (exact) mass is 205 g/mol. The van der Waals surface area contributed by atoms with E-state index in [-0.39, 0.29) is 32.7 Å². The second-order valence-electron chi connectivity index (χ2n) is 1.12. The minimum Gasteiger partial charge on any atom is -0.540 e. The van der Waals surface area contributed by atoms with Crippen LogP contribution in [0.3, 0.4) is 0 Å². The summed E-state index contributed by atoms with van der Waals surface area (Å²) in [5, 5.41) is 0. The molecule has 0 aliphatic rings. The van der Waals surface area contributed by atoms with Gasteiger partial charge in [0.1, 0.15) is 0 Å². The third-order valence-electron chi connectivity index (χ3n) is 0.582. The second-order valence-corrected chi connectivity index (χ2v) is 1.12. The van der Waals surface area contributed by atoms with Crippen molar-refractivity contribution >= 4 is 12.3 Å². The molecule has 0 rings (SSSR count). The largest absolute Gasteiger partial charge is 0.540 e. The molecule has 0 aromatic rings. The van der Waals surface area contributed by atoms with Crippen LogP contribution in [0.25, 0.3) is 0 Å². The van der Waals surface area contributed by atoms with Gasteiger partial charge in [-0.3, -0.25) is 4.79 Å². The van der Waals surface area contributed by atoms with E-state index in [1.165, 1.54) is 6.29 Å². The van der Waals surface area contributed by atoms with Gasteiger partial charge in [-0.25, -0.2) is 6.29 Å². The van der Waals surface area contributed by atoms with E-state index in [4.69, 9.17) is 5.73 Å². The minimum absolute atomic E-state index is 0. The van der Waals surface area contributed by atoms with E-state index < -0.39 is 12.0 Å². The number of rotatable bonds is 2. The van der Waals surface area contributed by atoms with E-state index in [2.05, 4.69) is 4.74 Å². The van der Waals surface area contributed by atoms with Crippen molar-refractivity contribution < 1.29 is 47.0 Å². The average molecular weight is 205 g/mol. The summed E-state index contributed by atoms with van der Waals surface area (Å²) in [7, 11) is 1.15. The molecule has 0 spiro atoms. The van der Waals surface area contributed by atoms with Gasteiger partial charge in [0.15, 0.2) is 0 Å². The number of esters is 1. The predicted molar refractivity (Wildman–Crippen MR) is 25.7 cm³/mol. The van der Waals surface area contributed by atoms with Crippen LogP contribution in [-0.4, -0.2) is 25.4 Å². The standard InChI is InChI=1S/C4H6NO3.Y/c1-8-4(7)3(5)2-6;/h3H,5H2,1H3;/q-1;. The van der Waals surface area contributed by atoms with E-state index in [1.54, 1.807) is 0 Å². The summed E-state index contributed by atoms with van der Waals surface area (Å²) in [6.45, 7) is 0. The Hall–Kier alpha value is 0.204. The molecule has 0 amide bonds. The Bertz CT molecular complexity index is 106. The van der Waals surface area contributed by atoms with Gasteiger partial charge in [0.25, 0.3) is 5.97 Å². The summed E-state index contributed by atoms with van der Waals surface area (Å²) in [6.07, 6.45) is 1.27. The van der Waals surface area contributed by atoms with Gasteiger partial charge in [0, 0.05) is 38.8 Å². The Labute approximate surface area is 78.0 Å². The normalized spacial score (nSPS) is 10.9. The molecule has 0 fully saturated rings. The fourth-order valence-corrected chi connectivity index (χ4v) is 0.175. The maximum absolute atomic E-state index is 10.1. The zero-order chi connectivity index (χ0) is 6.57. The molecule has 0 heterocycles. The number of hydrogen-bond donors (Lipinski definition) is 1. The number of nitrogens with two attached hydrogens (primary N) is 1. The first kappa shape index (κ1) is 11.9. The first-order valence-electron chi connectivity index (χ1n) is 1.93. The average Bonchev–Trinajstić information content (AvgIpc) is 1.84. The van der Waals surface area contributed by atoms with Crippen molar-refractivity contribution in [2.24, 2.45) is 5.73 Å². The van der Waals surface area contributed by atoms with E-state index in [0.717, 1.165) is 7.11 Å². The Balaban J connectivity index is 0. The van der Waals surface area contributed by atoms with Gasteiger partial charge in [-0.15, -0.1) is 0 Å². The molecule has 0 saturated carbocycles. The van der Waals surface area contributed by atoms with Crippen molar-refractivity contribution in [3.05, 3.63) is 0 Å². The van der Waals surface area contributed by atoms with Crippen molar-refractivity contribution in [2.45, 2.75) is 6.04 Å². The van der Waals surface area contributed by atoms with Crippen LogP contribution in [0.15, 0.2) is 0 Å². The molecule has 2 N–H and O–H groups in total. The van der Waals surface area contributed by atoms with Gasteiger partial charge in [0.2, 0.25) is 0 Å². The van der Waals surface area contributed by atoms with Crippen LogP contribution < -0.4 is 5.73 Å². The summed E-state index contributed by atoms with van der Waals surface area (Å²) in [5.41, 5.74) is 4.83. The Morgan fingerprint density at radius 1 is 1.78 bits per heavy atom. The van der Waals surface area contributed by atoms with Crippen LogP contribution in [0.2, 0.25) is 0 Å². The zero-order valence-electron chi connectivity index (χ0n) is 4.96. The fourth-order valence-electron chi connectivity index (χ4n) is 0.175. The molecule has 0 bridgehead atoms. The minimum atomic E-state index is -1.25. The summed E-state index contributed by atoms with van der Waals surface area (Å²) in [5.74, 6) is -0.764. The first-order chi connectivity index (χ1) is 3.72. The first-order valence-corrected chi connectivity index (χ1v) is 1.93. The smallest absolute Gasteiger partial charge is 0.295 e. The van der Waals surface area contributed by atoms with Gasteiger partial charge < -0.3 is 15.3 Å². The second kappa shape index (κ2) is 6.33. The van der Waals surface area contributed by atoms with Crippen molar-refractivity contribution in [1.29, 1.82) is 0 Å². The van der Waals surface area contributed by atoms with Gasteiger partial charge in [0.05, 0.1) is 7.11 Å². The molecular formula is C4H6NO3Y-. The molecule has 1 radical (unpaired) electrons. The zero-order valence-corrected chi connectivity index (χ0v) is 7.80. The number of carbonyl (C=O) groups excluding carboxylic acids is 2. The van der Waals surface area contributed by atoms with E-state index in [9.17, 15) is 9.59 Å². The molecule has 5 heteroatoms. The molecule has 1 unspecified atom stereocenters. The van der Waals surface area contributed by atoms with Crippen molar-refractivity contribution in [3.63, 3.8) is 0 Å². The predicted octanol–water partition coefficient (Wildman–Crippen LogP) is -1.41. The van der Waals surface area contributed by atoms with Crippen molar-refractivity contribution in [2.75, 3.05) is 7.11 Å². The van der Waals surface area contributed by atoms with Crippen molar-refractivity contribution in [3.8, 4) is 0 Å². The van der Waals surface area contributed by atoms with E-state index in [1.807, 2.05) is 0 Å². The van der Waals surface area contributed by atoms with Crippen LogP contribution in [0.5, 0.6) is 0 Å². The third kappa shape index (κ3) is 4.69. The van der Waals surface area contributed by atoms with E-state index in [0.29, 0.717) is 0 Å². The van der Waals surface area contributed by atoms with Gasteiger partial charge in [-0.05, 0) is 0 Å². The van der Waals surface area contributed by atoms with E-state index >= 15 is 0 Å². The molecule has 0 aliphatic heterocycles. The quantitative estimate of drug-likeness (QED) is 0.341. The van der Waals surface area contributed by atoms with Crippen LogP contribution in [0.1, 0.15) is 0 Å². The number of hydrogen-bond acceptors (Lipinski definition) is 4. The maximum atomic E-state index is 10.1. The molecule has 1 atom stereocenters. The summed E-state index contributed by atoms with van der Waals surface area (Å²) < 4.78 is 4.08. The fraction of sp³-hybridized carbons (Fsp3) is 0.500. The number of carbonyl (C=O) groups is 1. The van der Waals surface area contributed by atoms with Crippen LogP contribution >= 0.6 is 0 Å². The third-order valence-corrected chi connectivity index (χ3v) is 0.582. The molecule has 0 aliphatic carbocycles. The van der Waals surface area contributed by atoms with Crippen LogP contribution in [0, 0.1) is 0 Å².